The summed E-state index contributed by atoms with van der Waals surface area (Å²) in [5, 5.41) is 15.3. The molecule has 0 aliphatic rings. The molecule has 0 saturated heterocycles. The molecule has 0 spiro atoms. The fourth-order valence-corrected chi connectivity index (χ4v) is 2.88. The Morgan fingerprint density at radius 2 is 2.18 bits per heavy atom. The van der Waals surface area contributed by atoms with E-state index in [-0.39, 0.29) is 0 Å². The van der Waals surface area contributed by atoms with E-state index in [2.05, 4.69) is 23.4 Å². The van der Waals surface area contributed by atoms with Gasteiger partial charge in [0.15, 0.2) is 0 Å². The van der Waals surface area contributed by atoms with Gasteiger partial charge in [-0.25, -0.2) is 4.79 Å². The molecule has 0 bridgehead atoms. The van der Waals surface area contributed by atoms with Crippen molar-refractivity contribution in [1.29, 1.82) is 0 Å². The van der Waals surface area contributed by atoms with E-state index in [1.54, 1.807) is 6.07 Å². The van der Waals surface area contributed by atoms with Crippen LogP contribution in [0.25, 0.3) is 11.3 Å². The number of rotatable bonds is 2. The van der Waals surface area contributed by atoms with Crippen molar-refractivity contribution in [2.75, 3.05) is 0 Å². The number of hydrogen-bond donors (Lipinski definition) is 1. The van der Waals surface area contributed by atoms with Crippen LogP contribution in [0.4, 0.5) is 4.79 Å². The van der Waals surface area contributed by atoms with Crippen LogP contribution >= 0.6 is 34.6 Å². The maximum atomic E-state index is 10.4. The molecule has 7 heteroatoms. The standard InChI is InChI=1S/C7H4N2O2S3.C3H8/c10-7(11)14-6-1-4(2-12-6)5-3-13-9-8-5;1-3-2/h1-3H,(H,10,11);3H2,1-2H3. The molecule has 2 aromatic rings. The minimum absolute atomic E-state index is 0.750. The molecule has 0 saturated carbocycles. The van der Waals surface area contributed by atoms with Gasteiger partial charge in [-0.05, 0) is 17.6 Å². The maximum absolute atomic E-state index is 10.4. The molecule has 0 atom stereocenters. The van der Waals surface area contributed by atoms with Crippen molar-refractivity contribution in [3.05, 3.63) is 16.8 Å². The quantitative estimate of drug-likeness (QED) is 0.827. The average Bonchev–Trinajstić information content (AvgIpc) is 2.86. The van der Waals surface area contributed by atoms with E-state index >= 15 is 0 Å². The third kappa shape index (κ3) is 4.84. The zero-order valence-corrected chi connectivity index (χ0v) is 11.9. The molecule has 0 radical (unpaired) electrons. The van der Waals surface area contributed by atoms with E-state index in [1.807, 2.05) is 10.8 Å². The van der Waals surface area contributed by atoms with Crippen molar-refractivity contribution in [1.82, 2.24) is 9.59 Å². The molecular formula is C10H12N2O2S3. The molecule has 4 nitrogen and oxygen atoms in total. The van der Waals surface area contributed by atoms with Gasteiger partial charge in [-0.15, -0.1) is 16.4 Å². The molecule has 92 valence electrons. The SMILES string of the molecule is CCC.O=C(O)Sc1cc(-c2csnn2)cs1. The van der Waals surface area contributed by atoms with Crippen molar-refractivity contribution in [2.45, 2.75) is 24.5 Å². The molecule has 0 amide bonds. The van der Waals surface area contributed by atoms with Crippen LogP contribution in [0, 0.1) is 0 Å². The maximum Gasteiger partial charge on any atom is 0.370 e. The summed E-state index contributed by atoms with van der Waals surface area (Å²) < 4.78 is 4.49. The van der Waals surface area contributed by atoms with Gasteiger partial charge in [0.05, 0.1) is 4.21 Å². The van der Waals surface area contributed by atoms with Crippen LogP contribution < -0.4 is 0 Å². The van der Waals surface area contributed by atoms with Crippen molar-refractivity contribution in [3.63, 3.8) is 0 Å². The summed E-state index contributed by atoms with van der Waals surface area (Å²) in [6, 6.07) is 1.81. The highest BCUT2D eigenvalue weighted by Crippen LogP contribution is 2.31. The first-order valence-electron chi connectivity index (χ1n) is 4.94. The summed E-state index contributed by atoms with van der Waals surface area (Å²) in [6.07, 6.45) is 1.25. The number of carboxylic acid groups (broad SMARTS) is 1. The van der Waals surface area contributed by atoms with Crippen molar-refractivity contribution in [3.8, 4) is 11.3 Å². The van der Waals surface area contributed by atoms with Crippen molar-refractivity contribution < 1.29 is 9.90 Å². The highest BCUT2D eigenvalue weighted by molar-refractivity contribution is 8.14. The van der Waals surface area contributed by atoms with Gasteiger partial charge in [-0.1, -0.05) is 24.8 Å². The number of thiophene rings is 1. The fourth-order valence-electron chi connectivity index (χ4n) is 0.881. The number of aromatic nitrogens is 2. The van der Waals surface area contributed by atoms with E-state index in [4.69, 9.17) is 5.11 Å². The van der Waals surface area contributed by atoms with Crippen LogP contribution in [0.1, 0.15) is 20.3 Å². The van der Waals surface area contributed by atoms with Gasteiger partial charge in [0, 0.05) is 28.1 Å². The third-order valence-electron chi connectivity index (χ3n) is 1.42. The van der Waals surface area contributed by atoms with Gasteiger partial charge in [-0.2, -0.15) is 0 Å². The Kier molecular flexibility index (Phi) is 6.17. The molecular weight excluding hydrogens is 276 g/mol. The van der Waals surface area contributed by atoms with Gasteiger partial charge in [0.1, 0.15) is 5.69 Å². The van der Waals surface area contributed by atoms with Crippen LogP contribution in [0.2, 0.25) is 0 Å². The number of thioether (sulfide) groups is 1. The lowest BCUT2D eigenvalue weighted by molar-refractivity contribution is 0.222. The average molecular weight is 288 g/mol. The van der Waals surface area contributed by atoms with Crippen LogP contribution in [0.5, 0.6) is 0 Å². The Hall–Kier alpha value is -0.920. The lowest BCUT2D eigenvalue weighted by Crippen LogP contribution is -1.79. The molecule has 17 heavy (non-hydrogen) atoms. The molecule has 0 unspecified atom stereocenters. The number of hydrogen-bond acceptors (Lipinski definition) is 6. The smallest absolute Gasteiger partial charge is 0.370 e. The molecule has 0 fully saturated rings. The monoisotopic (exact) mass is 288 g/mol. The normalized spacial score (nSPS) is 9.53. The van der Waals surface area contributed by atoms with Crippen LogP contribution in [-0.4, -0.2) is 20.0 Å². The Morgan fingerprint density at radius 3 is 2.71 bits per heavy atom. The first-order valence-corrected chi connectivity index (χ1v) is 7.47. The van der Waals surface area contributed by atoms with Gasteiger partial charge >= 0.3 is 5.30 Å². The van der Waals surface area contributed by atoms with E-state index in [0.29, 0.717) is 0 Å². The summed E-state index contributed by atoms with van der Waals surface area (Å²) in [5.74, 6) is 0. The Labute approximate surface area is 112 Å². The molecule has 0 aromatic carbocycles. The predicted octanol–water partition coefficient (Wildman–Crippen LogP) is 4.45. The molecule has 2 aromatic heterocycles. The lowest BCUT2D eigenvalue weighted by atomic mass is 10.3. The molecule has 0 aliphatic carbocycles. The van der Waals surface area contributed by atoms with Crippen LogP contribution in [0.15, 0.2) is 21.0 Å². The Balaban J connectivity index is 0.000000437. The van der Waals surface area contributed by atoms with Gasteiger partial charge < -0.3 is 5.11 Å². The minimum atomic E-state index is -0.894. The van der Waals surface area contributed by atoms with Gasteiger partial charge in [0.25, 0.3) is 0 Å². The highest BCUT2D eigenvalue weighted by atomic mass is 32.2. The van der Waals surface area contributed by atoms with E-state index < -0.39 is 5.30 Å². The highest BCUT2D eigenvalue weighted by Gasteiger charge is 2.08. The van der Waals surface area contributed by atoms with Gasteiger partial charge in [0.2, 0.25) is 0 Å². The lowest BCUT2D eigenvalue weighted by Gasteiger charge is -1.86. The summed E-state index contributed by atoms with van der Waals surface area (Å²) in [6.45, 7) is 4.25. The zero-order chi connectivity index (χ0) is 12.7. The fraction of sp³-hybridized carbons (Fsp3) is 0.300. The van der Waals surface area contributed by atoms with E-state index in [1.165, 1.54) is 29.3 Å². The second-order valence-corrected chi connectivity index (χ2v) is 5.79. The second kappa shape index (κ2) is 7.41. The largest absolute Gasteiger partial charge is 0.473 e. The Bertz CT molecular complexity index is 454. The topological polar surface area (TPSA) is 63.1 Å². The van der Waals surface area contributed by atoms with Gasteiger partial charge in [-0.3, -0.25) is 0 Å². The molecule has 0 aliphatic heterocycles. The molecule has 1 N–H and O–H groups in total. The van der Waals surface area contributed by atoms with Crippen molar-refractivity contribution in [2.24, 2.45) is 0 Å². The number of nitrogens with zero attached hydrogens (tertiary/aromatic N) is 2. The summed E-state index contributed by atoms with van der Waals surface area (Å²) in [4.78, 5) is 10.4. The summed E-state index contributed by atoms with van der Waals surface area (Å²) in [7, 11) is 0. The minimum Gasteiger partial charge on any atom is -0.473 e. The first-order chi connectivity index (χ1) is 8.17. The third-order valence-corrected chi connectivity index (χ3v) is 3.68. The van der Waals surface area contributed by atoms with E-state index in [9.17, 15) is 4.79 Å². The molecule has 2 rings (SSSR count). The second-order valence-electron chi connectivity index (χ2n) is 3.02. The zero-order valence-electron chi connectivity index (χ0n) is 9.41. The summed E-state index contributed by atoms with van der Waals surface area (Å²) >= 11 is 3.48. The molecule has 2 heterocycles. The van der Waals surface area contributed by atoms with E-state index in [0.717, 1.165) is 27.2 Å². The summed E-state index contributed by atoms with van der Waals surface area (Å²) in [5.41, 5.74) is 1.72. The van der Waals surface area contributed by atoms with Crippen molar-refractivity contribution >= 4 is 39.9 Å². The predicted molar refractivity (Wildman–Crippen MR) is 73.1 cm³/mol. The van der Waals surface area contributed by atoms with Crippen LogP contribution in [-0.2, 0) is 0 Å². The first kappa shape index (κ1) is 14.1. The number of carbonyl (C=O) groups is 1. The Morgan fingerprint density at radius 1 is 1.47 bits per heavy atom. The van der Waals surface area contributed by atoms with Crippen LogP contribution in [0.3, 0.4) is 0 Å².